The molecule has 8 nitrogen and oxygen atoms in total. The zero-order valence-electron chi connectivity index (χ0n) is 18.5. The molecule has 2 aromatic rings. The van der Waals surface area contributed by atoms with E-state index in [1.165, 1.54) is 25.7 Å². The molecule has 2 aromatic heterocycles. The summed E-state index contributed by atoms with van der Waals surface area (Å²) in [5.41, 5.74) is 1.02. The van der Waals surface area contributed by atoms with Crippen molar-refractivity contribution in [2.75, 3.05) is 45.9 Å². The van der Waals surface area contributed by atoms with Crippen molar-refractivity contribution in [2.45, 2.75) is 51.1 Å². The Bertz CT molecular complexity index is 776. The third-order valence-electron chi connectivity index (χ3n) is 6.05. The monoisotopic (exact) mass is 428 g/mol. The molecule has 1 aliphatic heterocycles. The van der Waals surface area contributed by atoms with Crippen LogP contribution in [0.4, 0.5) is 0 Å². The molecular formula is C23H36N6O2. The van der Waals surface area contributed by atoms with Crippen LogP contribution in [0.5, 0.6) is 0 Å². The third kappa shape index (κ3) is 7.11. The van der Waals surface area contributed by atoms with Gasteiger partial charge in [0.15, 0.2) is 5.96 Å². The minimum Gasteiger partial charge on any atom is -0.469 e. The van der Waals surface area contributed by atoms with Gasteiger partial charge in [0.05, 0.1) is 37.8 Å². The second-order valence-corrected chi connectivity index (χ2v) is 8.38. The Morgan fingerprint density at radius 1 is 1.13 bits per heavy atom. The van der Waals surface area contributed by atoms with E-state index in [1.807, 2.05) is 12.1 Å². The molecule has 0 radical (unpaired) electrons. The number of hydrogen-bond acceptors (Lipinski definition) is 5. The van der Waals surface area contributed by atoms with Crippen molar-refractivity contribution in [3.8, 4) is 0 Å². The van der Waals surface area contributed by atoms with E-state index in [0.717, 1.165) is 76.2 Å². The van der Waals surface area contributed by atoms with Gasteiger partial charge in [0.1, 0.15) is 5.76 Å². The van der Waals surface area contributed by atoms with Gasteiger partial charge in [-0.25, -0.2) is 4.99 Å². The molecule has 1 saturated heterocycles. The van der Waals surface area contributed by atoms with E-state index in [-0.39, 0.29) is 0 Å². The highest BCUT2D eigenvalue weighted by atomic mass is 16.5. The number of morpholine rings is 1. The van der Waals surface area contributed by atoms with Gasteiger partial charge in [-0.15, -0.1) is 0 Å². The summed E-state index contributed by atoms with van der Waals surface area (Å²) in [5, 5.41) is 11.7. The summed E-state index contributed by atoms with van der Waals surface area (Å²) in [6.07, 6.45) is 10.9. The van der Waals surface area contributed by atoms with Crippen LogP contribution in [0, 0.1) is 0 Å². The van der Waals surface area contributed by atoms with E-state index in [2.05, 4.69) is 32.5 Å². The van der Waals surface area contributed by atoms with Gasteiger partial charge >= 0.3 is 0 Å². The average Bonchev–Trinajstić information content (AvgIpc) is 3.57. The van der Waals surface area contributed by atoms with Crippen LogP contribution in [-0.2, 0) is 17.7 Å². The molecule has 0 aromatic carbocycles. The number of aliphatic imine (C=N–C) groups is 1. The fourth-order valence-electron chi connectivity index (χ4n) is 4.26. The SMILES string of the molecule is c1coc(CCNC(=NCc2ccn(C3CCCC3)n2)NCCCN2CCOCC2)c1. The van der Waals surface area contributed by atoms with E-state index in [9.17, 15) is 0 Å². The minimum absolute atomic E-state index is 0.571. The molecule has 31 heavy (non-hydrogen) atoms. The van der Waals surface area contributed by atoms with Gasteiger partial charge in [0.25, 0.3) is 0 Å². The first-order valence-electron chi connectivity index (χ1n) is 11.8. The Kier molecular flexibility index (Phi) is 8.41. The first-order valence-corrected chi connectivity index (χ1v) is 11.8. The van der Waals surface area contributed by atoms with Crippen molar-refractivity contribution in [3.63, 3.8) is 0 Å². The average molecular weight is 429 g/mol. The van der Waals surface area contributed by atoms with Crippen LogP contribution in [0.25, 0.3) is 0 Å². The quantitative estimate of drug-likeness (QED) is 0.344. The standard InChI is InChI=1S/C23H36N6O2/c1-2-6-21(5-1)29-13-9-20(27-29)19-26-23(25-11-8-22-7-3-16-31-22)24-10-4-12-28-14-17-30-18-15-28/h3,7,9,13,16,21H,1-2,4-6,8,10-12,14-15,17-19H2,(H2,24,25,26). The molecule has 0 atom stereocenters. The number of rotatable bonds is 10. The third-order valence-corrected chi connectivity index (χ3v) is 6.05. The van der Waals surface area contributed by atoms with Crippen LogP contribution in [0.2, 0.25) is 0 Å². The van der Waals surface area contributed by atoms with Crippen LogP contribution in [0.1, 0.15) is 49.6 Å². The number of ether oxygens (including phenoxy) is 1. The van der Waals surface area contributed by atoms with E-state index in [4.69, 9.17) is 19.2 Å². The van der Waals surface area contributed by atoms with Gasteiger partial charge in [0, 0.05) is 38.8 Å². The number of nitrogens with one attached hydrogen (secondary N) is 2. The summed E-state index contributed by atoms with van der Waals surface area (Å²) in [4.78, 5) is 7.25. The molecule has 170 valence electrons. The predicted molar refractivity (Wildman–Crippen MR) is 121 cm³/mol. The highest BCUT2D eigenvalue weighted by molar-refractivity contribution is 5.79. The lowest BCUT2D eigenvalue weighted by atomic mass is 10.3. The summed E-state index contributed by atoms with van der Waals surface area (Å²) in [5.74, 6) is 1.82. The zero-order chi connectivity index (χ0) is 21.1. The lowest BCUT2D eigenvalue weighted by Crippen LogP contribution is -2.41. The lowest BCUT2D eigenvalue weighted by molar-refractivity contribution is 0.0376. The van der Waals surface area contributed by atoms with E-state index in [0.29, 0.717) is 12.6 Å². The van der Waals surface area contributed by atoms with E-state index in [1.54, 1.807) is 6.26 Å². The summed E-state index contributed by atoms with van der Waals surface area (Å²) >= 11 is 0. The van der Waals surface area contributed by atoms with Crippen LogP contribution < -0.4 is 10.6 Å². The number of aromatic nitrogens is 2. The smallest absolute Gasteiger partial charge is 0.191 e. The Balaban J connectivity index is 1.26. The summed E-state index contributed by atoms with van der Waals surface area (Å²) < 4.78 is 13.0. The highest BCUT2D eigenvalue weighted by Gasteiger charge is 2.17. The van der Waals surface area contributed by atoms with Crippen molar-refractivity contribution in [3.05, 3.63) is 42.1 Å². The van der Waals surface area contributed by atoms with E-state index >= 15 is 0 Å². The highest BCUT2D eigenvalue weighted by Crippen LogP contribution is 2.28. The number of hydrogen-bond donors (Lipinski definition) is 2. The summed E-state index contributed by atoms with van der Waals surface area (Å²) in [6.45, 7) is 7.10. The molecule has 2 fully saturated rings. The lowest BCUT2D eigenvalue weighted by Gasteiger charge is -2.26. The topological polar surface area (TPSA) is 79.8 Å². The normalized spacial score (nSPS) is 18.5. The van der Waals surface area contributed by atoms with E-state index < -0.39 is 0 Å². The molecule has 8 heteroatoms. The Morgan fingerprint density at radius 3 is 2.77 bits per heavy atom. The van der Waals surface area contributed by atoms with Gasteiger partial charge in [-0.3, -0.25) is 9.58 Å². The second-order valence-electron chi connectivity index (χ2n) is 8.38. The van der Waals surface area contributed by atoms with Crippen molar-refractivity contribution < 1.29 is 9.15 Å². The molecule has 0 amide bonds. The largest absolute Gasteiger partial charge is 0.469 e. The maximum Gasteiger partial charge on any atom is 0.191 e. The molecule has 3 heterocycles. The van der Waals surface area contributed by atoms with Crippen LogP contribution in [0.3, 0.4) is 0 Å². The summed E-state index contributed by atoms with van der Waals surface area (Å²) in [7, 11) is 0. The Hall–Kier alpha value is -2.32. The van der Waals surface area contributed by atoms with Crippen LogP contribution >= 0.6 is 0 Å². The molecule has 1 saturated carbocycles. The van der Waals surface area contributed by atoms with Crippen molar-refractivity contribution in [1.82, 2.24) is 25.3 Å². The first-order chi connectivity index (χ1) is 15.4. The predicted octanol–water partition coefficient (Wildman–Crippen LogP) is 2.59. The maximum atomic E-state index is 5.43. The fourth-order valence-corrected chi connectivity index (χ4v) is 4.26. The van der Waals surface area contributed by atoms with Crippen LogP contribution in [0.15, 0.2) is 40.1 Å². The van der Waals surface area contributed by atoms with Gasteiger partial charge < -0.3 is 19.8 Å². The van der Waals surface area contributed by atoms with Crippen molar-refractivity contribution in [2.24, 2.45) is 4.99 Å². The molecule has 4 rings (SSSR count). The fraction of sp³-hybridized carbons (Fsp3) is 0.652. The van der Waals surface area contributed by atoms with Gasteiger partial charge in [0.2, 0.25) is 0 Å². The molecule has 0 unspecified atom stereocenters. The summed E-state index contributed by atoms with van der Waals surface area (Å²) in [6, 6.07) is 6.60. The molecule has 2 N–H and O–H groups in total. The number of nitrogens with zero attached hydrogens (tertiary/aromatic N) is 4. The number of guanidine groups is 1. The van der Waals surface area contributed by atoms with Gasteiger partial charge in [-0.1, -0.05) is 12.8 Å². The molecule has 1 aliphatic carbocycles. The minimum atomic E-state index is 0.571. The molecular weight excluding hydrogens is 392 g/mol. The Labute approximate surface area is 185 Å². The van der Waals surface area contributed by atoms with Gasteiger partial charge in [-0.2, -0.15) is 5.10 Å². The second kappa shape index (κ2) is 11.9. The maximum absolute atomic E-state index is 5.43. The first kappa shape index (κ1) is 21.9. The molecule has 2 aliphatic rings. The van der Waals surface area contributed by atoms with Crippen molar-refractivity contribution >= 4 is 5.96 Å². The molecule has 0 bridgehead atoms. The Morgan fingerprint density at radius 2 is 1.97 bits per heavy atom. The zero-order valence-corrected chi connectivity index (χ0v) is 18.5. The van der Waals surface area contributed by atoms with Crippen LogP contribution in [-0.4, -0.2) is 66.6 Å². The molecule has 0 spiro atoms. The van der Waals surface area contributed by atoms with Crippen molar-refractivity contribution in [1.29, 1.82) is 0 Å². The number of furan rings is 1. The van der Waals surface area contributed by atoms with Gasteiger partial charge in [-0.05, 0) is 44.0 Å².